The van der Waals surface area contributed by atoms with Crippen LogP contribution in [0.5, 0.6) is 0 Å². The number of hydrogen-bond donors (Lipinski definition) is 1. The van der Waals surface area contributed by atoms with Gasteiger partial charge >= 0.3 is 0 Å². The van der Waals surface area contributed by atoms with Crippen LogP contribution >= 0.6 is 0 Å². The zero-order valence-electron chi connectivity index (χ0n) is 10.1. The first-order chi connectivity index (χ1) is 7.69. The lowest BCUT2D eigenvalue weighted by atomic mass is 10.1. The van der Waals surface area contributed by atoms with Gasteiger partial charge in [0.15, 0.2) is 0 Å². The number of nitrogens with zero attached hydrogens (tertiary/aromatic N) is 1. The van der Waals surface area contributed by atoms with Crippen molar-refractivity contribution >= 4 is 5.69 Å². The van der Waals surface area contributed by atoms with E-state index in [1.165, 1.54) is 19.3 Å². The normalized spacial score (nSPS) is 17.1. The fourth-order valence-electron chi connectivity index (χ4n) is 2.06. The highest BCUT2D eigenvalue weighted by molar-refractivity contribution is 5.41. The highest BCUT2D eigenvalue weighted by Crippen LogP contribution is 2.33. The zero-order valence-corrected chi connectivity index (χ0v) is 10.1. The molecule has 0 bridgehead atoms. The van der Waals surface area contributed by atoms with Gasteiger partial charge in [0.2, 0.25) is 0 Å². The number of pyridine rings is 1. The van der Waals surface area contributed by atoms with Gasteiger partial charge in [0.05, 0.1) is 5.69 Å². The Morgan fingerprint density at radius 1 is 1.50 bits per heavy atom. The Labute approximate surface area is 96.5 Å². The summed E-state index contributed by atoms with van der Waals surface area (Å²) in [6, 6.07) is 4.00. The highest BCUT2D eigenvalue weighted by Gasteiger charge is 2.23. The van der Waals surface area contributed by atoms with Crippen LogP contribution in [0.25, 0.3) is 0 Å². The second-order valence-electron chi connectivity index (χ2n) is 4.77. The third kappa shape index (κ3) is 2.87. The number of aromatic nitrogens is 1. The van der Waals surface area contributed by atoms with Gasteiger partial charge in [0.1, 0.15) is 0 Å². The van der Waals surface area contributed by atoms with Crippen molar-refractivity contribution in [2.75, 3.05) is 5.32 Å². The molecule has 1 atom stereocenters. The smallest absolute Gasteiger partial charge is 0.250 e. The molecule has 88 valence electrons. The summed E-state index contributed by atoms with van der Waals surface area (Å²) in [5.41, 5.74) is 1.12. The van der Waals surface area contributed by atoms with Gasteiger partial charge in [-0.15, -0.1) is 0 Å². The van der Waals surface area contributed by atoms with Crippen LogP contribution in [-0.4, -0.2) is 10.6 Å². The fourth-order valence-corrected chi connectivity index (χ4v) is 2.06. The predicted molar refractivity (Wildman–Crippen MR) is 66.8 cm³/mol. The van der Waals surface area contributed by atoms with Gasteiger partial charge in [0, 0.05) is 24.8 Å². The minimum absolute atomic E-state index is 0.0721. The van der Waals surface area contributed by atoms with Crippen LogP contribution < -0.4 is 10.9 Å². The Morgan fingerprint density at radius 3 is 2.88 bits per heavy atom. The molecule has 0 aromatic carbocycles. The molecule has 1 aliphatic rings. The van der Waals surface area contributed by atoms with Crippen LogP contribution in [-0.2, 0) is 6.54 Å². The van der Waals surface area contributed by atoms with E-state index in [-0.39, 0.29) is 5.56 Å². The molecule has 1 aromatic heterocycles. The molecule has 3 heteroatoms. The highest BCUT2D eigenvalue weighted by atomic mass is 16.1. The lowest BCUT2D eigenvalue weighted by Crippen LogP contribution is -2.21. The Morgan fingerprint density at radius 2 is 2.25 bits per heavy atom. The van der Waals surface area contributed by atoms with E-state index in [4.69, 9.17) is 0 Å². The minimum Gasteiger partial charge on any atom is -0.381 e. The molecule has 0 saturated heterocycles. The van der Waals surface area contributed by atoms with Crippen molar-refractivity contribution < 1.29 is 0 Å². The summed E-state index contributed by atoms with van der Waals surface area (Å²) in [4.78, 5) is 11.4. The SMILES string of the molecule is CCn1cc(NC(C)CC2CC2)ccc1=O. The number of rotatable bonds is 5. The summed E-state index contributed by atoms with van der Waals surface area (Å²) in [5, 5.41) is 3.46. The lowest BCUT2D eigenvalue weighted by molar-refractivity contribution is 0.639. The molecule has 16 heavy (non-hydrogen) atoms. The van der Waals surface area contributed by atoms with Crippen molar-refractivity contribution in [3.05, 3.63) is 28.7 Å². The van der Waals surface area contributed by atoms with E-state index < -0.39 is 0 Å². The average molecular weight is 220 g/mol. The lowest BCUT2D eigenvalue weighted by Gasteiger charge is -2.15. The van der Waals surface area contributed by atoms with E-state index in [0.29, 0.717) is 6.04 Å². The second kappa shape index (κ2) is 4.73. The van der Waals surface area contributed by atoms with Gasteiger partial charge in [-0.25, -0.2) is 0 Å². The number of hydrogen-bond acceptors (Lipinski definition) is 2. The molecule has 1 aliphatic carbocycles. The summed E-state index contributed by atoms with van der Waals surface area (Å²) in [6.45, 7) is 4.92. The fraction of sp³-hybridized carbons (Fsp3) is 0.615. The maximum absolute atomic E-state index is 11.4. The Bertz CT molecular complexity index is 407. The monoisotopic (exact) mass is 220 g/mol. The first kappa shape index (κ1) is 11.2. The van der Waals surface area contributed by atoms with Crippen molar-refractivity contribution in [2.45, 2.75) is 45.7 Å². The molecule has 0 amide bonds. The zero-order chi connectivity index (χ0) is 11.5. The van der Waals surface area contributed by atoms with Crippen LogP contribution in [0.1, 0.15) is 33.1 Å². The van der Waals surface area contributed by atoms with E-state index in [9.17, 15) is 4.79 Å². The van der Waals surface area contributed by atoms with E-state index in [1.54, 1.807) is 10.6 Å². The first-order valence-electron chi connectivity index (χ1n) is 6.16. The van der Waals surface area contributed by atoms with Crippen LogP contribution in [0.15, 0.2) is 23.1 Å². The Balaban J connectivity index is 1.99. The van der Waals surface area contributed by atoms with Gasteiger partial charge in [-0.3, -0.25) is 4.79 Å². The van der Waals surface area contributed by atoms with Crippen LogP contribution in [0.4, 0.5) is 5.69 Å². The molecule has 3 nitrogen and oxygen atoms in total. The summed E-state index contributed by atoms with van der Waals surface area (Å²) in [7, 11) is 0. The van der Waals surface area contributed by atoms with Crippen molar-refractivity contribution in [1.82, 2.24) is 4.57 Å². The second-order valence-corrected chi connectivity index (χ2v) is 4.77. The van der Waals surface area contributed by atoms with Crippen molar-refractivity contribution in [3.63, 3.8) is 0 Å². The predicted octanol–water partition coefficient (Wildman–Crippen LogP) is 2.47. The molecule has 1 aromatic rings. The molecule has 1 fully saturated rings. The topological polar surface area (TPSA) is 34.0 Å². The van der Waals surface area contributed by atoms with Crippen LogP contribution in [0.2, 0.25) is 0 Å². The summed E-state index contributed by atoms with van der Waals surface area (Å²) >= 11 is 0. The Hall–Kier alpha value is -1.25. The summed E-state index contributed by atoms with van der Waals surface area (Å²) in [6.07, 6.45) is 5.93. The molecule has 1 N–H and O–H groups in total. The van der Waals surface area contributed by atoms with Crippen molar-refractivity contribution in [2.24, 2.45) is 5.92 Å². The maximum Gasteiger partial charge on any atom is 0.250 e. The molecule has 1 heterocycles. The summed E-state index contributed by atoms with van der Waals surface area (Å²) in [5.74, 6) is 0.930. The quantitative estimate of drug-likeness (QED) is 0.827. The standard InChI is InChI=1S/C13H20N2O/c1-3-15-9-12(6-7-13(15)16)14-10(2)8-11-4-5-11/h6-7,9-11,14H,3-5,8H2,1-2H3. The van der Waals surface area contributed by atoms with Crippen molar-refractivity contribution in [3.8, 4) is 0 Å². The third-order valence-electron chi connectivity index (χ3n) is 3.12. The number of aryl methyl sites for hydroxylation is 1. The molecule has 2 rings (SSSR count). The summed E-state index contributed by atoms with van der Waals surface area (Å²) < 4.78 is 1.73. The maximum atomic E-state index is 11.4. The molecule has 0 spiro atoms. The number of nitrogens with one attached hydrogen (secondary N) is 1. The van der Waals surface area contributed by atoms with Gasteiger partial charge in [-0.2, -0.15) is 0 Å². The van der Waals surface area contributed by atoms with Crippen LogP contribution in [0, 0.1) is 5.92 Å². The van der Waals surface area contributed by atoms with E-state index in [1.807, 2.05) is 19.2 Å². The van der Waals surface area contributed by atoms with E-state index in [2.05, 4.69) is 12.2 Å². The van der Waals surface area contributed by atoms with Crippen LogP contribution in [0.3, 0.4) is 0 Å². The molecule has 0 radical (unpaired) electrons. The molecule has 1 unspecified atom stereocenters. The third-order valence-corrected chi connectivity index (χ3v) is 3.12. The molecular formula is C13H20N2O. The van der Waals surface area contributed by atoms with Gasteiger partial charge < -0.3 is 9.88 Å². The van der Waals surface area contributed by atoms with Gasteiger partial charge in [-0.1, -0.05) is 12.8 Å². The largest absolute Gasteiger partial charge is 0.381 e. The Kier molecular flexibility index (Phi) is 3.32. The van der Waals surface area contributed by atoms with E-state index in [0.717, 1.165) is 18.2 Å². The van der Waals surface area contributed by atoms with Gasteiger partial charge in [0.25, 0.3) is 5.56 Å². The molecule has 1 saturated carbocycles. The molecule has 0 aliphatic heterocycles. The first-order valence-corrected chi connectivity index (χ1v) is 6.16. The minimum atomic E-state index is 0.0721. The van der Waals surface area contributed by atoms with E-state index >= 15 is 0 Å². The molecular weight excluding hydrogens is 200 g/mol. The van der Waals surface area contributed by atoms with Crippen molar-refractivity contribution in [1.29, 1.82) is 0 Å². The number of anilines is 1. The average Bonchev–Trinajstić information content (AvgIpc) is 3.04. The van der Waals surface area contributed by atoms with Gasteiger partial charge in [-0.05, 0) is 32.3 Å².